The first kappa shape index (κ1) is 14.2. The second kappa shape index (κ2) is 5.93. The molecule has 0 atom stereocenters. The molecule has 0 aliphatic rings. The fourth-order valence-corrected chi connectivity index (χ4v) is 2.57. The number of fused-ring (bicyclic) bond motifs is 1. The summed E-state index contributed by atoms with van der Waals surface area (Å²) in [5.74, 6) is -0.0667. The van der Waals surface area contributed by atoms with E-state index in [0.29, 0.717) is 17.8 Å². The lowest BCUT2D eigenvalue weighted by molar-refractivity contribution is 0.0954. The number of anilines is 1. The number of carbonyl (C=O) groups is 1. The van der Waals surface area contributed by atoms with E-state index in [1.54, 1.807) is 12.1 Å². The van der Waals surface area contributed by atoms with Gasteiger partial charge in [-0.1, -0.05) is 18.2 Å². The molecule has 0 radical (unpaired) electrons. The van der Waals surface area contributed by atoms with Crippen LogP contribution < -0.4 is 11.1 Å². The molecule has 4 heteroatoms. The second-order valence-electron chi connectivity index (χ2n) is 5.44. The van der Waals surface area contributed by atoms with E-state index in [4.69, 9.17) is 5.73 Å². The number of hydrogen-bond donors (Lipinski definition) is 3. The maximum atomic E-state index is 12.1. The molecule has 0 bridgehead atoms. The molecule has 22 heavy (non-hydrogen) atoms. The van der Waals surface area contributed by atoms with E-state index >= 15 is 0 Å². The van der Waals surface area contributed by atoms with Gasteiger partial charge in [0.25, 0.3) is 5.91 Å². The number of amides is 1. The van der Waals surface area contributed by atoms with E-state index in [9.17, 15) is 4.79 Å². The van der Waals surface area contributed by atoms with Crippen molar-refractivity contribution in [3.8, 4) is 0 Å². The van der Waals surface area contributed by atoms with E-state index in [1.165, 1.54) is 10.9 Å². The molecule has 4 nitrogen and oxygen atoms in total. The molecule has 0 saturated heterocycles. The van der Waals surface area contributed by atoms with Gasteiger partial charge in [0.2, 0.25) is 0 Å². The van der Waals surface area contributed by atoms with Gasteiger partial charge in [-0.25, -0.2) is 0 Å². The predicted octanol–water partition coefficient (Wildman–Crippen LogP) is 3.03. The summed E-state index contributed by atoms with van der Waals surface area (Å²) < 4.78 is 0. The highest BCUT2D eigenvalue weighted by Crippen LogP contribution is 2.18. The van der Waals surface area contributed by atoms with Gasteiger partial charge in [-0.3, -0.25) is 4.79 Å². The van der Waals surface area contributed by atoms with Crippen molar-refractivity contribution in [1.82, 2.24) is 10.3 Å². The van der Waals surface area contributed by atoms with Crippen LogP contribution in [0.4, 0.5) is 5.69 Å². The summed E-state index contributed by atoms with van der Waals surface area (Å²) in [5.41, 5.74) is 10.4. The van der Waals surface area contributed by atoms with E-state index in [-0.39, 0.29) is 5.91 Å². The smallest absolute Gasteiger partial charge is 0.251 e. The van der Waals surface area contributed by atoms with Gasteiger partial charge < -0.3 is 16.0 Å². The molecule has 1 aromatic heterocycles. The largest absolute Gasteiger partial charge is 0.399 e. The first-order valence-corrected chi connectivity index (χ1v) is 7.34. The molecule has 112 valence electrons. The highest BCUT2D eigenvalue weighted by molar-refractivity contribution is 5.94. The minimum absolute atomic E-state index is 0.0667. The van der Waals surface area contributed by atoms with Crippen LogP contribution in [0.2, 0.25) is 0 Å². The van der Waals surface area contributed by atoms with Crippen LogP contribution in [0.1, 0.15) is 21.5 Å². The van der Waals surface area contributed by atoms with Gasteiger partial charge in [0, 0.05) is 34.9 Å². The van der Waals surface area contributed by atoms with Crippen LogP contribution in [0.15, 0.2) is 48.7 Å². The number of nitrogens with one attached hydrogen (secondary N) is 2. The Bertz CT molecular complexity index is 820. The van der Waals surface area contributed by atoms with E-state index in [0.717, 1.165) is 17.5 Å². The second-order valence-corrected chi connectivity index (χ2v) is 5.44. The van der Waals surface area contributed by atoms with Crippen molar-refractivity contribution in [2.24, 2.45) is 0 Å². The summed E-state index contributed by atoms with van der Waals surface area (Å²) in [6.45, 7) is 2.50. The van der Waals surface area contributed by atoms with Crippen LogP contribution in [0.3, 0.4) is 0 Å². The molecule has 3 rings (SSSR count). The quantitative estimate of drug-likeness (QED) is 0.647. The normalized spacial score (nSPS) is 10.8. The van der Waals surface area contributed by atoms with E-state index in [1.807, 2.05) is 31.3 Å². The number of H-pyrrole nitrogens is 1. The topological polar surface area (TPSA) is 70.9 Å². The molecule has 3 aromatic rings. The van der Waals surface area contributed by atoms with Crippen molar-refractivity contribution in [3.63, 3.8) is 0 Å². The van der Waals surface area contributed by atoms with Crippen molar-refractivity contribution in [3.05, 3.63) is 65.4 Å². The summed E-state index contributed by atoms with van der Waals surface area (Å²) in [6.07, 6.45) is 2.80. The first-order valence-electron chi connectivity index (χ1n) is 7.34. The molecule has 0 aliphatic heterocycles. The number of rotatable bonds is 4. The fourth-order valence-electron chi connectivity index (χ4n) is 2.57. The van der Waals surface area contributed by atoms with Gasteiger partial charge in [-0.15, -0.1) is 0 Å². The van der Waals surface area contributed by atoms with Crippen LogP contribution >= 0.6 is 0 Å². The minimum atomic E-state index is -0.0667. The van der Waals surface area contributed by atoms with Crippen molar-refractivity contribution < 1.29 is 4.79 Å². The van der Waals surface area contributed by atoms with Crippen molar-refractivity contribution in [1.29, 1.82) is 0 Å². The lowest BCUT2D eigenvalue weighted by Crippen LogP contribution is -2.25. The predicted molar refractivity (Wildman–Crippen MR) is 89.9 cm³/mol. The highest BCUT2D eigenvalue weighted by atomic mass is 16.1. The van der Waals surface area contributed by atoms with Crippen molar-refractivity contribution in [2.45, 2.75) is 13.3 Å². The number of para-hydroxylation sites is 1. The van der Waals surface area contributed by atoms with Gasteiger partial charge in [0.15, 0.2) is 0 Å². The number of carbonyl (C=O) groups excluding carboxylic acids is 1. The van der Waals surface area contributed by atoms with Crippen LogP contribution in [0, 0.1) is 6.92 Å². The lowest BCUT2D eigenvalue weighted by atomic mass is 10.1. The number of nitrogen functional groups attached to an aromatic ring is 1. The van der Waals surface area contributed by atoms with Crippen LogP contribution in [-0.2, 0) is 6.42 Å². The lowest BCUT2D eigenvalue weighted by Gasteiger charge is -2.07. The third kappa shape index (κ3) is 2.81. The summed E-state index contributed by atoms with van der Waals surface area (Å²) in [4.78, 5) is 15.4. The van der Waals surface area contributed by atoms with Crippen LogP contribution in [0.25, 0.3) is 10.9 Å². The number of aromatic amines is 1. The number of aryl methyl sites for hydroxylation is 1. The third-order valence-electron chi connectivity index (χ3n) is 3.89. The minimum Gasteiger partial charge on any atom is -0.399 e. The zero-order valence-corrected chi connectivity index (χ0v) is 12.5. The van der Waals surface area contributed by atoms with Gasteiger partial charge >= 0.3 is 0 Å². The Kier molecular flexibility index (Phi) is 3.83. The number of nitrogens with two attached hydrogens (primary N) is 1. The average Bonchev–Trinajstić information content (AvgIpc) is 2.93. The van der Waals surface area contributed by atoms with Crippen LogP contribution in [0.5, 0.6) is 0 Å². The fraction of sp³-hybridized carbons (Fsp3) is 0.167. The molecule has 2 aromatic carbocycles. The molecule has 4 N–H and O–H groups in total. The molecular weight excluding hydrogens is 274 g/mol. The van der Waals surface area contributed by atoms with Crippen molar-refractivity contribution >= 4 is 22.5 Å². The average molecular weight is 293 g/mol. The standard InChI is InChI=1S/C18H19N3O/c1-12-10-13(6-7-16(12)19)18(22)20-9-8-14-11-21-17-5-3-2-4-15(14)17/h2-7,10-11,21H,8-9,19H2,1H3,(H,20,22). The molecule has 1 heterocycles. The number of aromatic nitrogens is 1. The molecule has 0 saturated carbocycles. The van der Waals surface area contributed by atoms with Gasteiger partial charge in [-0.05, 0) is 48.7 Å². The van der Waals surface area contributed by atoms with Gasteiger partial charge in [0.1, 0.15) is 0 Å². The molecule has 0 spiro atoms. The summed E-state index contributed by atoms with van der Waals surface area (Å²) in [5, 5.41) is 4.16. The number of benzene rings is 2. The zero-order valence-electron chi connectivity index (χ0n) is 12.5. The summed E-state index contributed by atoms with van der Waals surface area (Å²) in [7, 11) is 0. The Labute approximate surface area is 129 Å². The molecule has 0 fully saturated rings. The zero-order chi connectivity index (χ0) is 15.5. The Morgan fingerprint density at radius 1 is 1.23 bits per heavy atom. The summed E-state index contributed by atoms with van der Waals surface area (Å²) in [6, 6.07) is 13.5. The molecule has 0 unspecified atom stereocenters. The Hall–Kier alpha value is -2.75. The van der Waals surface area contributed by atoms with E-state index in [2.05, 4.69) is 22.4 Å². The van der Waals surface area contributed by atoms with Crippen LogP contribution in [-0.4, -0.2) is 17.4 Å². The highest BCUT2D eigenvalue weighted by Gasteiger charge is 2.07. The molecular formula is C18H19N3O. The number of hydrogen-bond acceptors (Lipinski definition) is 2. The SMILES string of the molecule is Cc1cc(C(=O)NCCc2c[nH]c3ccccc23)ccc1N. The summed E-state index contributed by atoms with van der Waals surface area (Å²) >= 11 is 0. The first-order chi connectivity index (χ1) is 10.6. The Balaban J connectivity index is 1.63. The van der Waals surface area contributed by atoms with Gasteiger partial charge in [0.05, 0.1) is 0 Å². The van der Waals surface area contributed by atoms with E-state index < -0.39 is 0 Å². The van der Waals surface area contributed by atoms with Crippen molar-refractivity contribution in [2.75, 3.05) is 12.3 Å². The third-order valence-corrected chi connectivity index (χ3v) is 3.89. The maximum absolute atomic E-state index is 12.1. The Morgan fingerprint density at radius 2 is 2.05 bits per heavy atom. The maximum Gasteiger partial charge on any atom is 0.251 e. The monoisotopic (exact) mass is 293 g/mol. The van der Waals surface area contributed by atoms with Gasteiger partial charge in [-0.2, -0.15) is 0 Å². The molecule has 0 aliphatic carbocycles. The Morgan fingerprint density at radius 3 is 2.86 bits per heavy atom. The molecule has 1 amide bonds.